The second kappa shape index (κ2) is 4.76. The van der Waals surface area contributed by atoms with Crippen molar-refractivity contribution in [3.8, 4) is 0 Å². The van der Waals surface area contributed by atoms with Gasteiger partial charge in [0.15, 0.2) is 0 Å². The number of benzene rings is 3. The summed E-state index contributed by atoms with van der Waals surface area (Å²) in [5, 5.41) is 0. The number of hydrogen-bond donors (Lipinski definition) is 0. The van der Waals surface area contributed by atoms with Gasteiger partial charge in [0.2, 0.25) is 0 Å². The predicted octanol–water partition coefficient (Wildman–Crippen LogP) is 5.71. The summed E-state index contributed by atoms with van der Waals surface area (Å²) in [7, 11) is 0. The summed E-state index contributed by atoms with van der Waals surface area (Å²) in [4.78, 5) is 7.81. The van der Waals surface area contributed by atoms with Crippen LogP contribution in [-0.4, -0.2) is 18.4 Å². The zero-order valence-electron chi connectivity index (χ0n) is 14.5. The molecule has 0 saturated heterocycles. The van der Waals surface area contributed by atoms with Gasteiger partial charge in [0.1, 0.15) is 0 Å². The fourth-order valence-electron chi connectivity index (χ4n) is 5.42. The molecule has 0 fully saturated rings. The molecule has 0 nitrogen and oxygen atoms in total. The van der Waals surface area contributed by atoms with Crippen LogP contribution in [0, 0.1) is 0 Å². The Balaban J connectivity index is 2.04. The molecule has 3 aliphatic rings. The molecule has 6 rings (SSSR count). The van der Waals surface area contributed by atoms with E-state index in [-0.39, 0.29) is 3.43 Å². The predicted molar refractivity (Wildman–Crippen MR) is 103 cm³/mol. The molecule has 3 aliphatic carbocycles. The molecule has 2 bridgehead atoms. The second-order valence-corrected chi connectivity index (χ2v) is 23.2. The van der Waals surface area contributed by atoms with E-state index >= 15 is 0 Å². The minimum atomic E-state index is -2.50. The first-order valence-corrected chi connectivity index (χ1v) is 18.8. The van der Waals surface area contributed by atoms with E-state index in [0.717, 1.165) is 0 Å². The van der Waals surface area contributed by atoms with Crippen molar-refractivity contribution >= 4 is 18.4 Å². The van der Waals surface area contributed by atoms with Crippen LogP contribution >= 0.6 is 0 Å². The normalized spacial score (nSPS) is 23.4. The molecule has 0 spiro atoms. The van der Waals surface area contributed by atoms with Crippen molar-refractivity contribution in [1.29, 1.82) is 0 Å². The maximum atomic E-state index is 2.60. The molecule has 0 saturated carbocycles. The third-order valence-electron chi connectivity index (χ3n) is 6.15. The molecular weight excluding hydrogens is 395 g/mol. The Morgan fingerprint density at radius 1 is 0.583 bits per heavy atom. The average molecular weight is 417 g/mol. The van der Waals surface area contributed by atoms with Gasteiger partial charge in [-0.25, -0.2) is 0 Å². The molecule has 3 aromatic rings. The van der Waals surface area contributed by atoms with Crippen molar-refractivity contribution in [2.24, 2.45) is 0 Å². The monoisotopic (exact) mass is 418 g/mol. The molecule has 0 radical (unpaired) electrons. The first-order chi connectivity index (χ1) is 11.6. The molecule has 0 aromatic heterocycles. The summed E-state index contributed by atoms with van der Waals surface area (Å²) >= 11 is -2.50. The Bertz CT molecular complexity index is 846. The molecule has 0 atom stereocenters. The Morgan fingerprint density at radius 2 is 0.917 bits per heavy atom. The van der Waals surface area contributed by atoms with E-state index in [0.29, 0.717) is 5.92 Å². The van der Waals surface area contributed by atoms with E-state index in [4.69, 9.17) is 0 Å². The van der Waals surface area contributed by atoms with E-state index in [1.807, 2.05) is 0 Å². The zero-order chi connectivity index (χ0) is 16.5. The number of rotatable bonds is 1. The first-order valence-electron chi connectivity index (χ1n) is 8.85. The van der Waals surface area contributed by atoms with E-state index in [9.17, 15) is 0 Å². The van der Waals surface area contributed by atoms with Crippen LogP contribution in [0.25, 0.3) is 0 Å². The van der Waals surface area contributed by atoms with Crippen LogP contribution in [0.4, 0.5) is 0 Å². The van der Waals surface area contributed by atoms with Crippen molar-refractivity contribution < 1.29 is 0 Å². The van der Waals surface area contributed by atoms with Crippen LogP contribution < -0.4 is 0 Å². The summed E-state index contributed by atoms with van der Waals surface area (Å²) in [6.07, 6.45) is 0. The Hall–Kier alpha value is -1.54. The number of hydrogen-bond acceptors (Lipinski definition) is 0. The summed E-state index contributed by atoms with van der Waals surface area (Å²) in [5.41, 5.74) is 9.41. The summed E-state index contributed by atoms with van der Waals surface area (Å²) < 4.78 is 0.132. The molecule has 1 heteroatoms. The average Bonchev–Trinajstić information content (AvgIpc) is 2.60. The summed E-state index contributed by atoms with van der Waals surface area (Å²) in [6, 6.07) is 27.7. The summed E-state index contributed by atoms with van der Waals surface area (Å²) in [5.74, 6) is 0.407. The first kappa shape index (κ1) is 14.8. The van der Waals surface area contributed by atoms with Gasteiger partial charge in [-0.05, 0) is 0 Å². The Labute approximate surface area is 148 Å². The van der Waals surface area contributed by atoms with E-state index in [1.54, 1.807) is 33.4 Å². The van der Waals surface area contributed by atoms with E-state index in [2.05, 4.69) is 87.6 Å². The van der Waals surface area contributed by atoms with Gasteiger partial charge in [0.25, 0.3) is 0 Å². The van der Waals surface area contributed by atoms with Gasteiger partial charge >= 0.3 is 149 Å². The maximum absolute atomic E-state index is 2.60. The van der Waals surface area contributed by atoms with Gasteiger partial charge in [0.05, 0.1) is 0 Å². The quantitative estimate of drug-likeness (QED) is 0.446. The van der Waals surface area contributed by atoms with Crippen LogP contribution in [0.3, 0.4) is 0 Å². The molecule has 0 unspecified atom stereocenters. The van der Waals surface area contributed by atoms with Crippen LogP contribution in [0.2, 0.25) is 14.8 Å². The Kier molecular flexibility index (Phi) is 2.93. The minimum absolute atomic E-state index is 0.132. The Morgan fingerprint density at radius 3 is 1.25 bits per heavy atom. The molecule has 0 heterocycles. The third kappa shape index (κ3) is 1.56. The van der Waals surface area contributed by atoms with Gasteiger partial charge in [0, 0.05) is 0 Å². The fourth-order valence-corrected chi connectivity index (χ4v) is 14.3. The fraction of sp³-hybridized carbons (Fsp3) is 0.217. The van der Waals surface area contributed by atoms with Crippen molar-refractivity contribution in [1.82, 2.24) is 0 Å². The van der Waals surface area contributed by atoms with Crippen LogP contribution in [0.1, 0.15) is 39.3 Å². The molecular formula is C23H22Sn. The zero-order valence-corrected chi connectivity index (χ0v) is 17.4. The van der Waals surface area contributed by atoms with Crippen molar-refractivity contribution in [3.05, 3.63) is 106 Å². The molecule has 0 aliphatic heterocycles. The molecule has 0 amide bonds. The van der Waals surface area contributed by atoms with Crippen LogP contribution in [-0.2, 0) is 3.43 Å². The third-order valence-corrected chi connectivity index (χ3v) is 14.9. The molecule has 118 valence electrons. The van der Waals surface area contributed by atoms with Crippen molar-refractivity contribution in [3.63, 3.8) is 0 Å². The van der Waals surface area contributed by atoms with Crippen molar-refractivity contribution in [2.75, 3.05) is 0 Å². The molecule has 3 aromatic carbocycles. The van der Waals surface area contributed by atoms with Gasteiger partial charge < -0.3 is 0 Å². The van der Waals surface area contributed by atoms with Gasteiger partial charge in [-0.2, -0.15) is 0 Å². The van der Waals surface area contributed by atoms with Gasteiger partial charge in [-0.1, -0.05) is 0 Å². The standard InChI is InChI=1S/C20H13.3CH3.Sn/c1-2-8-14-13(7-1)19-15-9-3-5-11-17(15)20(14)18-12-6-4-10-16(18)19;;;;/h1-12,19H;3*1H3;. The van der Waals surface area contributed by atoms with E-state index < -0.39 is 18.4 Å². The van der Waals surface area contributed by atoms with E-state index in [1.165, 1.54) is 0 Å². The second-order valence-electron chi connectivity index (χ2n) is 8.19. The SMILES string of the molecule is [CH3][Sn]([CH3])([CH3])[C]12c3ccccc3C(c3ccccc31)c1ccccc12. The molecule has 24 heavy (non-hydrogen) atoms. The molecule has 0 N–H and O–H groups in total. The van der Waals surface area contributed by atoms with Crippen molar-refractivity contribution in [2.45, 2.75) is 24.2 Å². The topological polar surface area (TPSA) is 0 Å². The van der Waals surface area contributed by atoms with Gasteiger partial charge in [-0.15, -0.1) is 0 Å². The van der Waals surface area contributed by atoms with Crippen LogP contribution in [0.15, 0.2) is 72.8 Å². The van der Waals surface area contributed by atoms with Crippen LogP contribution in [0.5, 0.6) is 0 Å². The van der Waals surface area contributed by atoms with Gasteiger partial charge in [-0.3, -0.25) is 0 Å². The summed E-state index contributed by atoms with van der Waals surface area (Å²) in [6.45, 7) is 0.